The van der Waals surface area contributed by atoms with E-state index in [1.807, 2.05) is 0 Å². The van der Waals surface area contributed by atoms with Gasteiger partial charge in [0.15, 0.2) is 0 Å². The molecule has 1 aliphatic carbocycles. The number of hydrogen-bond donors (Lipinski definition) is 0. The minimum Gasteiger partial charge on any atom is -0.0928 e. The average molecular weight is 215 g/mol. The zero-order chi connectivity index (χ0) is 6.53. The van der Waals surface area contributed by atoms with Crippen LogP contribution in [0.5, 0.6) is 0 Å². The zero-order valence-corrected chi connectivity index (χ0v) is 7.23. The second-order valence-electron chi connectivity index (χ2n) is 2.60. The number of hydrogen-bond acceptors (Lipinski definition) is 0. The molecule has 2 heteroatoms. The molecular weight excluding hydrogens is 200 g/mol. The first-order chi connectivity index (χ1) is 4.43. The standard InChI is InChI=1S/C8H13Br.Mg.2H/c9-7-6-8-4-2-1-3-5-8;;;/h2,4,8H,1,3,5-7H2;;;. The predicted molar refractivity (Wildman–Crippen MR) is 53.4 cm³/mol. The first kappa shape index (κ1) is 11.0. The Morgan fingerprint density at radius 2 is 2.30 bits per heavy atom. The van der Waals surface area contributed by atoms with Crippen LogP contribution in [-0.4, -0.2) is 28.4 Å². The third-order valence-corrected chi connectivity index (χ3v) is 2.29. The second kappa shape index (κ2) is 6.68. The quantitative estimate of drug-likeness (QED) is 0.376. The van der Waals surface area contributed by atoms with E-state index in [0.717, 1.165) is 11.2 Å². The van der Waals surface area contributed by atoms with Crippen molar-refractivity contribution in [3.63, 3.8) is 0 Å². The summed E-state index contributed by atoms with van der Waals surface area (Å²) in [5.74, 6) is 0.873. The molecule has 0 fully saturated rings. The van der Waals surface area contributed by atoms with Crippen LogP contribution in [0.2, 0.25) is 0 Å². The summed E-state index contributed by atoms with van der Waals surface area (Å²) in [6.45, 7) is 0. The Kier molecular flexibility index (Phi) is 7.34. The van der Waals surface area contributed by atoms with Crippen LogP contribution in [0.4, 0.5) is 0 Å². The minimum atomic E-state index is 0. The topological polar surface area (TPSA) is 0 Å². The van der Waals surface area contributed by atoms with Crippen LogP contribution in [0.25, 0.3) is 0 Å². The van der Waals surface area contributed by atoms with E-state index in [2.05, 4.69) is 28.1 Å². The molecule has 56 valence electrons. The molecule has 0 saturated carbocycles. The van der Waals surface area contributed by atoms with E-state index in [0.29, 0.717) is 0 Å². The van der Waals surface area contributed by atoms with Gasteiger partial charge in [-0.1, -0.05) is 28.1 Å². The maximum atomic E-state index is 3.45. The predicted octanol–water partition coefficient (Wildman–Crippen LogP) is 2.21. The van der Waals surface area contributed by atoms with Crippen molar-refractivity contribution < 1.29 is 0 Å². The summed E-state index contributed by atoms with van der Waals surface area (Å²) < 4.78 is 0. The molecule has 0 nitrogen and oxygen atoms in total. The lowest BCUT2D eigenvalue weighted by Gasteiger charge is -2.13. The van der Waals surface area contributed by atoms with Crippen LogP contribution >= 0.6 is 15.9 Å². The lowest BCUT2D eigenvalue weighted by Crippen LogP contribution is -2.00. The van der Waals surface area contributed by atoms with Crippen molar-refractivity contribution in [2.45, 2.75) is 25.7 Å². The first-order valence-electron chi connectivity index (χ1n) is 3.66. The molecule has 0 saturated heterocycles. The Morgan fingerprint density at radius 3 is 2.80 bits per heavy atom. The van der Waals surface area contributed by atoms with E-state index in [1.165, 1.54) is 25.7 Å². The molecule has 1 unspecified atom stereocenters. The van der Waals surface area contributed by atoms with Gasteiger partial charge in [0.1, 0.15) is 0 Å². The molecule has 1 aliphatic rings. The molecule has 0 N–H and O–H groups in total. The molecule has 0 heterocycles. The van der Waals surface area contributed by atoms with E-state index in [-0.39, 0.29) is 23.1 Å². The van der Waals surface area contributed by atoms with Crippen molar-refractivity contribution >= 4 is 39.0 Å². The van der Waals surface area contributed by atoms with Gasteiger partial charge in [-0.05, 0) is 31.6 Å². The van der Waals surface area contributed by atoms with Crippen LogP contribution < -0.4 is 0 Å². The van der Waals surface area contributed by atoms with Crippen molar-refractivity contribution in [1.82, 2.24) is 0 Å². The van der Waals surface area contributed by atoms with Gasteiger partial charge < -0.3 is 0 Å². The summed E-state index contributed by atoms with van der Waals surface area (Å²) in [4.78, 5) is 0. The number of halogens is 1. The second-order valence-corrected chi connectivity index (χ2v) is 3.39. The van der Waals surface area contributed by atoms with Crippen LogP contribution in [0.1, 0.15) is 25.7 Å². The molecule has 0 bridgehead atoms. The molecule has 0 aromatic carbocycles. The molecule has 1 atom stereocenters. The largest absolute Gasteiger partial charge is 0.316 e. The summed E-state index contributed by atoms with van der Waals surface area (Å²) in [6.07, 6.45) is 10.1. The van der Waals surface area contributed by atoms with Gasteiger partial charge in [-0.25, -0.2) is 0 Å². The van der Waals surface area contributed by atoms with Crippen molar-refractivity contribution in [2.75, 3.05) is 5.33 Å². The number of rotatable bonds is 2. The highest BCUT2D eigenvalue weighted by Gasteiger charge is 2.05. The maximum Gasteiger partial charge on any atom is 0.316 e. The maximum absolute atomic E-state index is 3.45. The van der Waals surface area contributed by atoms with Gasteiger partial charge in [0, 0.05) is 5.33 Å². The summed E-state index contributed by atoms with van der Waals surface area (Å²) in [5.41, 5.74) is 0. The normalized spacial score (nSPS) is 23.9. The fourth-order valence-electron chi connectivity index (χ4n) is 1.26. The van der Waals surface area contributed by atoms with Crippen LogP contribution in [-0.2, 0) is 0 Å². The summed E-state index contributed by atoms with van der Waals surface area (Å²) >= 11 is 3.45. The fourth-order valence-corrected chi connectivity index (χ4v) is 1.85. The Balaban J connectivity index is 0.000000810. The van der Waals surface area contributed by atoms with Gasteiger partial charge >= 0.3 is 23.1 Å². The van der Waals surface area contributed by atoms with E-state index >= 15 is 0 Å². The Morgan fingerprint density at radius 1 is 1.50 bits per heavy atom. The minimum absolute atomic E-state index is 0. The lowest BCUT2D eigenvalue weighted by molar-refractivity contribution is 0.531. The molecule has 0 radical (unpaired) electrons. The van der Waals surface area contributed by atoms with Crippen molar-refractivity contribution in [2.24, 2.45) is 5.92 Å². The van der Waals surface area contributed by atoms with Gasteiger partial charge in [-0.15, -0.1) is 0 Å². The van der Waals surface area contributed by atoms with Gasteiger partial charge in [0.2, 0.25) is 0 Å². The third kappa shape index (κ3) is 3.99. The molecule has 0 aromatic rings. The first-order valence-corrected chi connectivity index (χ1v) is 4.78. The smallest absolute Gasteiger partial charge is 0.0928 e. The van der Waals surface area contributed by atoms with Crippen LogP contribution in [0.15, 0.2) is 12.2 Å². The zero-order valence-electron chi connectivity index (χ0n) is 5.65. The average Bonchev–Trinajstić information content (AvgIpc) is 1.91. The number of allylic oxidation sites excluding steroid dienone is 2. The van der Waals surface area contributed by atoms with Crippen molar-refractivity contribution in [3.8, 4) is 0 Å². The Labute approximate surface area is 87.7 Å². The van der Waals surface area contributed by atoms with E-state index in [4.69, 9.17) is 0 Å². The lowest BCUT2D eigenvalue weighted by atomic mass is 9.94. The van der Waals surface area contributed by atoms with E-state index in [9.17, 15) is 0 Å². The summed E-state index contributed by atoms with van der Waals surface area (Å²) in [6, 6.07) is 0. The molecule has 10 heavy (non-hydrogen) atoms. The van der Waals surface area contributed by atoms with Crippen molar-refractivity contribution in [3.05, 3.63) is 12.2 Å². The Bertz CT molecular complexity index is 101. The summed E-state index contributed by atoms with van der Waals surface area (Å²) in [5, 5.41) is 1.15. The third-order valence-electron chi connectivity index (χ3n) is 1.83. The monoisotopic (exact) mass is 214 g/mol. The molecule has 0 aromatic heterocycles. The Hall–Kier alpha value is 0.986. The highest BCUT2D eigenvalue weighted by Crippen LogP contribution is 2.20. The van der Waals surface area contributed by atoms with Gasteiger partial charge in [0.25, 0.3) is 0 Å². The number of alkyl halides is 1. The van der Waals surface area contributed by atoms with Gasteiger partial charge in [0.05, 0.1) is 0 Å². The molecular formula is C8H15BrMg. The van der Waals surface area contributed by atoms with Gasteiger partial charge in [-0.2, -0.15) is 0 Å². The summed E-state index contributed by atoms with van der Waals surface area (Å²) in [7, 11) is 0. The molecule has 1 rings (SSSR count). The highest BCUT2D eigenvalue weighted by molar-refractivity contribution is 9.09. The highest BCUT2D eigenvalue weighted by atomic mass is 79.9. The molecule has 0 spiro atoms. The molecule has 0 amide bonds. The van der Waals surface area contributed by atoms with Gasteiger partial charge in [-0.3, -0.25) is 0 Å². The van der Waals surface area contributed by atoms with Crippen LogP contribution in [0, 0.1) is 5.92 Å². The van der Waals surface area contributed by atoms with E-state index in [1.54, 1.807) is 0 Å². The fraction of sp³-hybridized carbons (Fsp3) is 0.750. The molecule has 0 aliphatic heterocycles. The van der Waals surface area contributed by atoms with E-state index < -0.39 is 0 Å². The SMILES string of the molecule is BrCCC1C=CCCC1.[MgH2]. The van der Waals surface area contributed by atoms with Crippen LogP contribution in [0.3, 0.4) is 0 Å². The van der Waals surface area contributed by atoms with Crippen molar-refractivity contribution in [1.29, 1.82) is 0 Å².